The molecule has 2 bridgehead atoms. The van der Waals surface area contributed by atoms with E-state index in [1.165, 1.54) is 11.8 Å². The van der Waals surface area contributed by atoms with Gasteiger partial charge < -0.3 is 41.9 Å². The quantitative estimate of drug-likeness (QED) is 0.120. The van der Waals surface area contributed by atoms with E-state index in [2.05, 4.69) is 47.2 Å². The van der Waals surface area contributed by atoms with Gasteiger partial charge in [-0.2, -0.15) is 0 Å². The highest BCUT2D eigenvalue weighted by atomic mass is 32.2. The van der Waals surface area contributed by atoms with E-state index in [0.29, 0.717) is 0 Å². The highest BCUT2D eigenvalue weighted by Crippen LogP contribution is 2.32. The van der Waals surface area contributed by atoms with Crippen LogP contribution in [-0.4, -0.2) is 98.3 Å². The van der Waals surface area contributed by atoms with Crippen molar-refractivity contribution < 1.29 is 28.8 Å². The van der Waals surface area contributed by atoms with Crippen molar-refractivity contribution in [2.45, 2.75) is 134 Å². The van der Waals surface area contributed by atoms with Crippen LogP contribution in [0.5, 0.6) is 0 Å². The highest BCUT2D eigenvalue weighted by molar-refractivity contribution is 8.00. The van der Waals surface area contributed by atoms with Crippen LogP contribution in [0.1, 0.15) is 79.9 Å². The molecule has 2 aliphatic heterocycles. The first kappa shape index (κ1) is 47.1. The summed E-state index contributed by atoms with van der Waals surface area (Å²) in [6.07, 6.45) is 4.10. The van der Waals surface area contributed by atoms with E-state index in [9.17, 15) is 28.8 Å². The number of nitrogens with one attached hydrogen (secondary N) is 9. The zero-order chi connectivity index (χ0) is 45.7. The summed E-state index contributed by atoms with van der Waals surface area (Å²) in [6.45, 7) is 17.0. The van der Waals surface area contributed by atoms with Gasteiger partial charge in [0.25, 0.3) is 0 Å². The van der Waals surface area contributed by atoms with Crippen molar-refractivity contribution in [3.8, 4) is 0 Å². The molecule has 9 atom stereocenters. The Balaban J connectivity index is 1.39. The molecule has 9 N–H and O–H groups in total. The minimum absolute atomic E-state index is 0.0494. The van der Waals surface area contributed by atoms with Crippen LogP contribution in [0.25, 0.3) is 21.8 Å². The summed E-state index contributed by atoms with van der Waals surface area (Å²) in [7, 11) is 0. The standard InChI is InChI=1S/C47H65N9O6S/c1-23(2)18-34-42(58)53-37(24(3)4)44(60)52-36(20-29-22-49-33-17-13-11-15-31(29)33)43(59)55-39(26(7)8)47-56-40(27(9)63-47)46(62)54-38(25(5)6)45(61)51-35(41(57)50-34)19-28-21-48-32-16-12-10-14-30(28)32/h10-17,21-27,34-40,47-49,56H,18-20H2,1-9H3,(H,50,57)(H,51,61)(H,52,60)(H,53,58)(H,54,62)(H,55,59)/t27?,34-,35+,36-,37+,38-,39+,40+,47?/m1/s1. The number of hydrogen-bond acceptors (Lipinski definition) is 8. The number of rotatable bonds is 9. The second-order valence-corrected chi connectivity index (χ2v) is 20.1. The number of carbonyl (C=O) groups is 6. The van der Waals surface area contributed by atoms with Crippen molar-refractivity contribution in [1.82, 2.24) is 47.2 Å². The van der Waals surface area contributed by atoms with Gasteiger partial charge in [0.15, 0.2) is 0 Å². The Labute approximate surface area is 374 Å². The molecule has 340 valence electrons. The Bertz CT molecular complexity index is 2290. The molecule has 2 fully saturated rings. The number of fused-ring (bicyclic) bond motifs is 4. The molecule has 2 aliphatic rings. The van der Waals surface area contributed by atoms with Crippen molar-refractivity contribution in [1.29, 1.82) is 0 Å². The lowest BCUT2D eigenvalue weighted by Crippen LogP contribution is -2.61. The van der Waals surface area contributed by atoms with Crippen LogP contribution in [0.4, 0.5) is 0 Å². The average molecular weight is 884 g/mol. The maximum Gasteiger partial charge on any atom is 0.243 e. The van der Waals surface area contributed by atoms with E-state index in [1.54, 1.807) is 20.0 Å². The molecule has 63 heavy (non-hydrogen) atoms. The normalized spacial score (nSPS) is 27.3. The van der Waals surface area contributed by atoms with Gasteiger partial charge in [-0.25, -0.2) is 0 Å². The zero-order valence-electron chi connectivity index (χ0n) is 37.8. The van der Waals surface area contributed by atoms with Crippen LogP contribution in [0.3, 0.4) is 0 Å². The van der Waals surface area contributed by atoms with Gasteiger partial charge in [-0.15, -0.1) is 11.8 Å². The predicted octanol–water partition coefficient (Wildman–Crippen LogP) is 3.79. The molecule has 0 aliphatic carbocycles. The largest absolute Gasteiger partial charge is 0.361 e. The Morgan fingerprint density at radius 1 is 0.524 bits per heavy atom. The second kappa shape index (κ2) is 20.4. The third-order valence-electron chi connectivity index (χ3n) is 12.1. The van der Waals surface area contributed by atoms with Crippen molar-refractivity contribution in [3.63, 3.8) is 0 Å². The number of benzene rings is 2. The SMILES string of the molecule is CC(C)C[C@H]1NC(=O)[C@H](Cc2c[nH]c3ccccc23)NC(=O)[C@@H](C(C)C)NC(=O)[C@H]2NC(SC2C)[C@H](C(C)C)NC(=O)[C@@H](Cc2c[nH]c3ccccc23)NC(=O)[C@H](C(C)C)NC1=O. The summed E-state index contributed by atoms with van der Waals surface area (Å²) in [6, 6.07) is 8.83. The van der Waals surface area contributed by atoms with Crippen molar-refractivity contribution in [3.05, 3.63) is 72.1 Å². The fraction of sp³-hybridized carbons (Fsp3) is 0.532. The zero-order valence-corrected chi connectivity index (χ0v) is 38.6. The molecule has 2 unspecified atom stereocenters. The second-order valence-electron chi connectivity index (χ2n) is 18.6. The molecule has 4 aromatic rings. The molecular formula is C47H65N9O6S. The van der Waals surface area contributed by atoms with Gasteiger partial charge in [0.05, 0.1) is 17.5 Å². The molecule has 2 saturated heterocycles. The van der Waals surface area contributed by atoms with Crippen LogP contribution in [-0.2, 0) is 41.6 Å². The Kier molecular flexibility index (Phi) is 15.3. The van der Waals surface area contributed by atoms with Crippen molar-refractivity contribution in [2.75, 3.05) is 0 Å². The van der Waals surface area contributed by atoms with Crippen LogP contribution in [0.2, 0.25) is 0 Å². The monoisotopic (exact) mass is 883 g/mol. The van der Waals surface area contributed by atoms with Gasteiger partial charge in [0.1, 0.15) is 30.2 Å². The molecule has 6 rings (SSSR count). The number of aromatic amines is 2. The first-order valence-corrected chi connectivity index (χ1v) is 23.2. The lowest BCUT2D eigenvalue weighted by atomic mass is 9.97. The van der Waals surface area contributed by atoms with Crippen LogP contribution >= 0.6 is 11.8 Å². The molecule has 15 nitrogen and oxygen atoms in total. The van der Waals surface area contributed by atoms with Gasteiger partial charge in [-0.1, -0.05) is 98.7 Å². The van der Waals surface area contributed by atoms with Gasteiger partial charge in [0.2, 0.25) is 35.4 Å². The maximum absolute atomic E-state index is 14.6. The summed E-state index contributed by atoms with van der Waals surface area (Å²) in [5.74, 6) is -3.99. The van der Waals surface area contributed by atoms with E-state index >= 15 is 0 Å². The number of thioether (sulfide) groups is 1. The summed E-state index contributed by atoms with van der Waals surface area (Å²) in [5, 5.41) is 22.6. The molecule has 0 spiro atoms. The summed E-state index contributed by atoms with van der Waals surface area (Å²) in [5.41, 5.74) is 3.35. The van der Waals surface area contributed by atoms with Crippen molar-refractivity contribution >= 4 is 69.0 Å². The summed E-state index contributed by atoms with van der Waals surface area (Å²) < 4.78 is 0. The fourth-order valence-electron chi connectivity index (χ4n) is 8.52. The molecule has 2 aromatic carbocycles. The molecule has 0 radical (unpaired) electrons. The number of para-hydroxylation sites is 2. The lowest BCUT2D eigenvalue weighted by molar-refractivity contribution is -0.136. The third-order valence-corrected chi connectivity index (χ3v) is 13.5. The summed E-state index contributed by atoms with van der Waals surface area (Å²) in [4.78, 5) is 92.8. The average Bonchev–Trinajstić information content (AvgIpc) is 3.95. The first-order chi connectivity index (χ1) is 29.9. The van der Waals surface area contributed by atoms with E-state index in [0.717, 1.165) is 32.9 Å². The Morgan fingerprint density at radius 2 is 0.968 bits per heavy atom. The Morgan fingerprint density at radius 3 is 1.44 bits per heavy atom. The van der Waals surface area contributed by atoms with E-state index < -0.39 is 83.1 Å². The van der Waals surface area contributed by atoms with E-state index in [-0.39, 0.29) is 48.2 Å². The van der Waals surface area contributed by atoms with Gasteiger partial charge in [0, 0.05) is 52.3 Å². The predicted molar refractivity (Wildman–Crippen MR) is 247 cm³/mol. The number of carbonyl (C=O) groups excluding carboxylic acids is 6. The minimum atomic E-state index is -1.15. The highest BCUT2D eigenvalue weighted by Gasteiger charge is 2.43. The maximum atomic E-state index is 14.6. The third kappa shape index (κ3) is 11.2. The number of amides is 6. The van der Waals surface area contributed by atoms with Crippen molar-refractivity contribution in [2.24, 2.45) is 23.7 Å². The Hall–Kier alpha value is -5.35. The van der Waals surface area contributed by atoms with Crippen LogP contribution in [0.15, 0.2) is 60.9 Å². The van der Waals surface area contributed by atoms with Crippen LogP contribution in [0, 0.1) is 23.7 Å². The smallest absolute Gasteiger partial charge is 0.243 e. The van der Waals surface area contributed by atoms with Gasteiger partial charge >= 0.3 is 0 Å². The number of H-pyrrole nitrogens is 2. The van der Waals surface area contributed by atoms with E-state index in [1.807, 2.05) is 103 Å². The van der Waals surface area contributed by atoms with E-state index in [4.69, 9.17) is 0 Å². The number of hydrogen-bond donors (Lipinski definition) is 9. The topological polar surface area (TPSA) is 218 Å². The van der Waals surface area contributed by atoms with Gasteiger partial charge in [-0.3, -0.25) is 34.1 Å². The molecule has 2 aromatic heterocycles. The van der Waals surface area contributed by atoms with Crippen LogP contribution < -0.4 is 37.2 Å². The molecule has 0 saturated carbocycles. The fourth-order valence-corrected chi connectivity index (χ4v) is 10.1. The first-order valence-electron chi connectivity index (χ1n) is 22.2. The molecule has 16 heteroatoms. The summed E-state index contributed by atoms with van der Waals surface area (Å²) >= 11 is 1.52. The van der Waals surface area contributed by atoms with Gasteiger partial charge in [-0.05, 0) is 53.4 Å². The number of aromatic nitrogens is 2. The molecule has 6 amide bonds. The lowest BCUT2D eigenvalue weighted by Gasteiger charge is -2.31. The molecular weight excluding hydrogens is 819 g/mol. The molecule has 4 heterocycles. The minimum Gasteiger partial charge on any atom is -0.361 e.